The van der Waals surface area contributed by atoms with Crippen LogP contribution in [0.25, 0.3) is 11.1 Å². The van der Waals surface area contributed by atoms with Gasteiger partial charge in [0, 0.05) is 25.2 Å². The molecule has 1 saturated heterocycles. The Kier molecular flexibility index (Phi) is 5.46. The molecule has 2 aromatic rings. The highest BCUT2D eigenvalue weighted by Crippen LogP contribution is 2.30. The molecule has 3 unspecified atom stereocenters. The van der Waals surface area contributed by atoms with E-state index >= 15 is 0 Å². The fourth-order valence-corrected chi connectivity index (χ4v) is 4.28. The molecule has 3 atom stereocenters. The smallest absolute Gasteiger partial charge is 0.0623 e. The Hall–Kier alpha value is -1.68. The van der Waals surface area contributed by atoms with Crippen LogP contribution in [-0.4, -0.2) is 31.8 Å². The maximum Gasteiger partial charge on any atom is 0.0623 e. The largest absolute Gasteiger partial charge is 0.379 e. The number of hydrogen-bond acceptors (Lipinski definition) is 3. The monoisotopic (exact) mass is 336 g/mol. The molecule has 0 aromatic heterocycles. The molecule has 132 valence electrons. The van der Waals surface area contributed by atoms with Crippen molar-refractivity contribution in [3.05, 3.63) is 60.2 Å². The molecule has 3 nitrogen and oxygen atoms in total. The first kappa shape index (κ1) is 16.8. The lowest BCUT2D eigenvalue weighted by molar-refractivity contribution is 0.0524. The number of hydrogen-bond donors (Lipinski definition) is 2. The second-order valence-electron chi connectivity index (χ2n) is 7.28. The molecule has 2 aromatic carbocycles. The molecular weight excluding hydrogens is 308 g/mol. The Morgan fingerprint density at radius 2 is 1.76 bits per heavy atom. The maximum absolute atomic E-state index is 5.67. The zero-order chi connectivity index (χ0) is 16.9. The van der Waals surface area contributed by atoms with Crippen molar-refractivity contribution >= 4 is 0 Å². The molecular formula is C22H28N2O. The van der Waals surface area contributed by atoms with Gasteiger partial charge in [-0.3, -0.25) is 0 Å². The SMILES string of the molecule is c1ccc(-c2ccc(CNC3CCCC3C3COCCN3)cc2)cc1. The van der Waals surface area contributed by atoms with Crippen molar-refractivity contribution in [1.29, 1.82) is 0 Å². The van der Waals surface area contributed by atoms with E-state index in [1.54, 1.807) is 0 Å². The van der Waals surface area contributed by atoms with Crippen LogP contribution in [0.2, 0.25) is 0 Å². The molecule has 1 saturated carbocycles. The Morgan fingerprint density at radius 3 is 2.52 bits per heavy atom. The summed E-state index contributed by atoms with van der Waals surface area (Å²) in [6, 6.07) is 20.7. The number of nitrogens with one attached hydrogen (secondary N) is 2. The summed E-state index contributed by atoms with van der Waals surface area (Å²) in [6.07, 6.45) is 3.92. The van der Waals surface area contributed by atoms with Crippen LogP contribution >= 0.6 is 0 Å². The van der Waals surface area contributed by atoms with E-state index in [9.17, 15) is 0 Å². The molecule has 1 aliphatic carbocycles. The highest BCUT2D eigenvalue weighted by Gasteiger charge is 2.34. The van der Waals surface area contributed by atoms with Gasteiger partial charge >= 0.3 is 0 Å². The summed E-state index contributed by atoms with van der Waals surface area (Å²) in [4.78, 5) is 0. The molecule has 3 heteroatoms. The van der Waals surface area contributed by atoms with Gasteiger partial charge in [-0.2, -0.15) is 0 Å². The summed E-state index contributed by atoms with van der Waals surface area (Å²) < 4.78 is 5.67. The molecule has 2 N–H and O–H groups in total. The van der Waals surface area contributed by atoms with Crippen molar-refractivity contribution in [2.45, 2.75) is 37.9 Å². The lowest BCUT2D eigenvalue weighted by Crippen LogP contribution is -2.50. The van der Waals surface area contributed by atoms with Crippen molar-refractivity contribution < 1.29 is 4.74 Å². The van der Waals surface area contributed by atoms with Crippen LogP contribution in [0.15, 0.2) is 54.6 Å². The van der Waals surface area contributed by atoms with Crippen molar-refractivity contribution in [3.63, 3.8) is 0 Å². The normalized spacial score (nSPS) is 26.6. The summed E-state index contributed by atoms with van der Waals surface area (Å²) in [5, 5.41) is 7.46. The Balaban J connectivity index is 1.34. The molecule has 2 fully saturated rings. The summed E-state index contributed by atoms with van der Waals surface area (Å²) in [6.45, 7) is 3.67. The molecule has 25 heavy (non-hydrogen) atoms. The first-order chi connectivity index (χ1) is 12.4. The fourth-order valence-electron chi connectivity index (χ4n) is 4.28. The Morgan fingerprint density at radius 1 is 0.960 bits per heavy atom. The molecule has 0 spiro atoms. The quantitative estimate of drug-likeness (QED) is 0.875. The summed E-state index contributed by atoms with van der Waals surface area (Å²) >= 11 is 0. The third kappa shape index (κ3) is 4.12. The standard InChI is InChI=1S/C22H28N2O/c1-2-5-18(6-3-1)19-11-9-17(10-12-19)15-24-21-8-4-7-20(21)22-16-25-14-13-23-22/h1-3,5-6,9-12,20-24H,4,7-8,13-16H2. The molecule has 0 bridgehead atoms. The van der Waals surface area contributed by atoms with Gasteiger partial charge < -0.3 is 15.4 Å². The first-order valence-corrected chi connectivity index (χ1v) is 9.59. The maximum atomic E-state index is 5.67. The van der Waals surface area contributed by atoms with E-state index in [0.29, 0.717) is 18.0 Å². The minimum absolute atomic E-state index is 0.522. The molecule has 1 aliphatic heterocycles. The Bertz CT molecular complexity index is 649. The average Bonchev–Trinajstić information content (AvgIpc) is 3.17. The molecule has 2 aliphatic rings. The first-order valence-electron chi connectivity index (χ1n) is 9.59. The van der Waals surface area contributed by atoms with Crippen LogP contribution < -0.4 is 10.6 Å². The molecule has 4 rings (SSSR count). The van der Waals surface area contributed by atoms with Gasteiger partial charge in [-0.25, -0.2) is 0 Å². The minimum atomic E-state index is 0.522. The van der Waals surface area contributed by atoms with E-state index in [4.69, 9.17) is 4.74 Å². The molecule has 0 radical (unpaired) electrons. The molecule has 1 heterocycles. The van der Waals surface area contributed by atoms with Gasteiger partial charge in [0.15, 0.2) is 0 Å². The molecule has 0 amide bonds. The second-order valence-corrected chi connectivity index (χ2v) is 7.28. The van der Waals surface area contributed by atoms with E-state index in [2.05, 4.69) is 65.2 Å². The number of ether oxygens (including phenoxy) is 1. The highest BCUT2D eigenvalue weighted by molar-refractivity contribution is 5.63. The summed E-state index contributed by atoms with van der Waals surface area (Å²) in [5.74, 6) is 0.698. The predicted molar refractivity (Wildman–Crippen MR) is 102 cm³/mol. The van der Waals surface area contributed by atoms with Crippen molar-refractivity contribution in [2.75, 3.05) is 19.8 Å². The van der Waals surface area contributed by atoms with E-state index in [1.807, 2.05) is 0 Å². The van der Waals surface area contributed by atoms with E-state index < -0.39 is 0 Å². The van der Waals surface area contributed by atoms with E-state index in [0.717, 1.165) is 26.3 Å². The van der Waals surface area contributed by atoms with Gasteiger partial charge in [-0.1, -0.05) is 61.0 Å². The number of morpholine rings is 1. The van der Waals surface area contributed by atoms with Crippen molar-refractivity contribution in [1.82, 2.24) is 10.6 Å². The summed E-state index contributed by atoms with van der Waals surface area (Å²) in [7, 11) is 0. The van der Waals surface area contributed by atoms with Crippen LogP contribution in [0.5, 0.6) is 0 Å². The van der Waals surface area contributed by atoms with Crippen molar-refractivity contribution in [2.24, 2.45) is 5.92 Å². The lowest BCUT2D eigenvalue weighted by atomic mass is 9.94. The second kappa shape index (κ2) is 8.13. The van der Waals surface area contributed by atoms with Gasteiger partial charge in [-0.15, -0.1) is 0 Å². The fraction of sp³-hybridized carbons (Fsp3) is 0.455. The van der Waals surface area contributed by atoms with Crippen LogP contribution in [0, 0.1) is 5.92 Å². The number of rotatable bonds is 5. The van der Waals surface area contributed by atoms with Crippen molar-refractivity contribution in [3.8, 4) is 11.1 Å². The highest BCUT2D eigenvalue weighted by atomic mass is 16.5. The zero-order valence-corrected chi connectivity index (χ0v) is 14.8. The average molecular weight is 336 g/mol. The van der Waals surface area contributed by atoms with Gasteiger partial charge in [0.25, 0.3) is 0 Å². The third-order valence-corrected chi connectivity index (χ3v) is 5.67. The van der Waals surface area contributed by atoms with Crippen LogP contribution in [0.4, 0.5) is 0 Å². The zero-order valence-electron chi connectivity index (χ0n) is 14.8. The topological polar surface area (TPSA) is 33.3 Å². The predicted octanol–water partition coefficient (Wildman–Crippen LogP) is 3.60. The van der Waals surface area contributed by atoms with Crippen LogP contribution in [-0.2, 0) is 11.3 Å². The van der Waals surface area contributed by atoms with Gasteiger partial charge in [0.2, 0.25) is 0 Å². The Labute approximate surface area is 150 Å². The third-order valence-electron chi connectivity index (χ3n) is 5.67. The summed E-state index contributed by atoms with van der Waals surface area (Å²) in [5.41, 5.74) is 3.92. The van der Waals surface area contributed by atoms with Gasteiger partial charge in [-0.05, 0) is 35.4 Å². The van der Waals surface area contributed by atoms with Gasteiger partial charge in [0.05, 0.1) is 13.2 Å². The minimum Gasteiger partial charge on any atom is -0.379 e. The van der Waals surface area contributed by atoms with Crippen LogP contribution in [0.1, 0.15) is 24.8 Å². The lowest BCUT2D eigenvalue weighted by Gasteiger charge is -2.33. The van der Waals surface area contributed by atoms with E-state index in [1.165, 1.54) is 36.0 Å². The van der Waals surface area contributed by atoms with Crippen LogP contribution in [0.3, 0.4) is 0 Å². The number of benzene rings is 2. The van der Waals surface area contributed by atoms with E-state index in [-0.39, 0.29) is 0 Å². The van der Waals surface area contributed by atoms with Gasteiger partial charge in [0.1, 0.15) is 0 Å².